The summed E-state index contributed by atoms with van der Waals surface area (Å²) in [5.41, 5.74) is 0. The monoisotopic (exact) mass is 213 g/mol. The fourth-order valence-corrected chi connectivity index (χ4v) is 2.13. The van der Waals surface area contributed by atoms with Crippen LogP contribution in [0.1, 0.15) is 33.1 Å². The summed E-state index contributed by atoms with van der Waals surface area (Å²) in [5.74, 6) is 0.336. The van der Waals surface area contributed by atoms with E-state index in [4.69, 9.17) is 4.74 Å². The molecule has 0 aromatic heterocycles. The molecule has 0 aliphatic carbocycles. The van der Waals surface area contributed by atoms with Crippen molar-refractivity contribution in [2.24, 2.45) is 11.8 Å². The largest absolute Gasteiger partial charge is 0.469 e. The molecule has 1 saturated heterocycles. The molecule has 0 aromatic rings. The Morgan fingerprint density at radius 1 is 1.27 bits per heavy atom. The molecule has 0 radical (unpaired) electrons. The Labute approximate surface area is 92.8 Å². The van der Waals surface area contributed by atoms with Gasteiger partial charge in [0.1, 0.15) is 0 Å². The van der Waals surface area contributed by atoms with Crippen LogP contribution in [0.2, 0.25) is 0 Å². The van der Waals surface area contributed by atoms with E-state index in [0.717, 1.165) is 19.6 Å². The molecule has 1 atom stereocenters. The number of rotatable bonds is 4. The molecule has 88 valence electrons. The summed E-state index contributed by atoms with van der Waals surface area (Å²) in [5, 5.41) is 0. The van der Waals surface area contributed by atoms with Gasteiger partial charge in [0.25, 0.3) is 0 Å². The van der Waals surface area contributed by atoms with Gasteiger partial charge in [-0.1, -0.05) is 20.3 Å². The lowest BCUT2D eigenvalue weighted by atomic mass is 9.94. The van der Waals surface area contributed by atoms with E-state index in [2.05, 4.69) is 18.7 Å². The Balaban J connectivity index is 2.46. The zero-order chi connectivity index (χ0) is 11.3. The van der Waals surface area contributed by atoms with Crippen molar-refractivity contribution in [1.82, 2.24) is 4.90 Å². The summed E-state index contributed by atoms with van der Waals surface area (Å²) < 4.78 is 4.85. The van der Waals surface area contributed by atoms with Gasteiger partial charge in [-0.25, -0.2) is 0 Å². The Morgan fingerprint density at radius 2 is 1.87 bits per heavy atom. The quantitative estimate of drug-likeness (QED) is 0.668. The lowest BCUT2D eigenvalue weighted by molar-refractivity contribution is -0.147. The first kappa shape index (κ1) is 12.5. The van der Waals surface area contributed by atoms with Gasteiger partial charge >= 0.3 is 5.97 Å². The molecular weight excluding hydrogens is 190 g/mol. The van der Waals surface area contributed by atoms with Gasteiger partial charge in [0.15, 0.2) is 0 Å². The molecule has 1 aliphatic rings. The van der Waals surface area contributed by atoms with Gasteiger partial charge in [-0.15, -0.1) is 0 Å². The van der Waals surface area contributed by atoms with Crippen LogP contribution < -0.4 is 0 Å². The predicted octanol–water partition coefficient (Wildman–Crippen LogP) is 1.92. The number of piperidine rings is 1. The first-order valence-electron chi connectivity index (χ1n) is 5.95. The number of nitrogens with zero attached hydrogens (tertiary/aromatic N) is 1. The summed E-state index contributed by atoms with van der Waals surface area (Å²) >= 11 is 0. The Morgan fingerprint density at radius 3 is 2.33 bits per heavy atom. The van der Waals surface area contributed by atoms with Crippen molar-refractivity contribution in [2.75, 3.05) is 26.7 Å². The normalized spacial score (nSPS) is 20.3. The van der Waals surface area contributed by atoms with Gasteiger partial charge in [-0.05, 0) is 31.8 Å². The highest BCUT2D eigenvalue weighted by molar-refractivity contribution is 5.72. The summed E-state index contributed by atoms with van der Waals surface area (Å²) in [7, 11) is 1.48. The zero-order valence-corrected chi connectivity index (χ0v) is 10.2. The number of carbonyl (C=O) groups is 1. The third-order valence-electron chi connectivity index (χ3n) is 3.21. The van der Waals surface area contributed by atoms with Crippen molar-refractivity contribution in [2.45, 2.75) is 33.1 Å². The summed E-state index contributed by atoms with van der Waals surface area (Å²) in [6.07, 6.45) is 3.87. The molecule has 0 spiro atoms. The van der Waals surface area contributed by atoms with E-state index in [0.29, 0.717) is 5.92 Å². The fraction of sp³-hybridized carbons (Fsp3) is 0.917. The van der Waals surface area contributed by atoms with E-state index in [1.807, 2.05) is 0 Å². The topological polar surface area (TPSA) is 29.5 Å². The van der Waals surface area contributed by atoms with Gasteiger partial charge in [0.05, 0.1) is 13.0 Å². The third kappa shape index (κ3) is 3.82. The van der Waals surface area contributed by atoms with E-state index >= 15 is 0 Å². The van der Waals surface area contributed by atoms with Gasteiger partial charge in [-0.2, -0.15) is 0 Å². The van der Waals surface area contributed by atoms with E-state index in [1.54, 1.807) is 0 Å². The number of carbonyl (C=O) groups excluding carboxylic acids is 1. The molecule has 3 nitrogen and oxygen atoms in total. The van der Waals surface area contributed by atoms with Crippen molar-refractivity contribution in [3.8, 4) is 0 Å². The number of ether oxygens (including phenoxy) is 1. The second kappa shape index (κ2) is 6.11. The number of methoxy groups -OCH3 is 1. The molecule has 1 unspecified atom stereocenters. The van der Waals surface area contributed by atoms with E-state index in [-0.39, 0.29) is 11.9 Å². The molecule has 3 heteroatoms. The smallest absolute Gasteiger partial charge is 0.310 e. The first-order chi connectivity index (χ1) is 7.15. The fourth-order valence-electron chi connectivity index (χ4n) is 2.13. The highest BCUT2D eigenvalue weighted by Crippen LogP contribution is 2.17. The average Bonchev–Trinajstić information content (AvgIpc) is 2.26. The van der Waals surface area contributed by atoms with Crippen molar-refractivity contribution in [1.29, 1.82) is 0 Å². The molecule has 15 heavy (non-hydrogen) atoms. The number of hydrogen-bond donors (Lipinski definition) is 0. The van der Waals surface area contributed by atoms with Crippen LogP contribution in [-0.2, 0) is 9.53 Å². The van der Waals surface area contributed by atoms with Gasteiger partial charge < -0.3 is 9.64 Å². The molecule has 0 bridgehead atoms. The zero-order valence-electron chi connectivity index (χ0n) is 10.2. The molecule has 1 fully saturated rings. The van der Waals surface area contributed by atoms with Crippen LogP contribution in [-0.4, -0.2) is 37.6 Å². The molecule has 0 amide bonds. The van der Waals surface area contributed by atoms with Crippen LogP contribution in [0.5, 0.6) is 0 Å². The van der Waals surface area contributed by atoms with Gasteiger partial charge in [-0.3, -0.25) is 4.79 Å². The second-order valence-corrected chi connectivity index (χ2v) is 4.73. The highest BCUT2D eigenvalue weighted by Gasteiger charge is 2.26. The summed E-state index contributed by atoms with van der Waals surface area (Å²) in [6, 6.07) is 0. The maximum absolute atomic E-state index is 11.6. The SMILES string of the molecule is COC(=O)C(CN1CCCCC1)C(C)C. The minimum atomic E-state index is -0.0597. The Hall–Kier alpha value is -0.570. The standard InChI is InChI=1S/C12H23NO2/c1-10(2)11(12(14)15-3)9-13-7-5-4-6-8-13/h10-11H,4-9H2,1-3H3. The summed E-state index contributed by atoms with van der Waals surface area (Å²) in [4.78, 5) is 14.0. The maximum atomic E-state index is 11.6. The molecule has 0 saturated carbocycles. The molecule has 0 N–H and O–H groups in total. The van der Waals surface area contributed by atoms with Crippen LogP contribution in [0.4, 0.5) is 0 Å². The van der Waals surface area contributed by atoms with Crippen molar-refractivity contribution in [3.63, 3.8) is 0 Å². The minimum absolute atomic E-state index is 0.0353. The van der Waals surface area contributed by atoms with Crippen LogP contribution in [0.15, 0.2) is 0 Å². The minimum Gasteiger partial charge on any atom is -0.469 e. The molecule has 1 heterocycles. The van der Waals surface area contributed by atoms with Crippen molar-refractivity contribution >= 4 is 5.97 Å². The van der Waals surface area contributed by atoms with Crippen molar-refractivity contribution < 1.29 is 9.53 Å². The second-order valence-electron chi connectivity index (χ2n) is 4.73. The predicted molar refractivity (Wildman–Crippen MR) is 60.6 cm³/mol. The third-order valence-corrected chi connectivity index (χ3v) is 3.21. The lowest BCUT2D eigenvalue weighted by Crippen LogP contribution is -2.39. The van der Waals surface area contributed by atoms with Gasteiger partial charge in [0, 0.05) is 6.54 Å². The van der Waals surface area contributed by atoms with E-state index in [9.17, 15) is 4.79 Å². The molecule has 0 aromatic carbocycles. The molecular formula is C12H23NO2. The van der Waals surface area contributed by atoms with Crippen LogP contribution in [0, 0.1) is 11.8 Å². The first-order valence-corrected chi connectivity index (χ1v) is 5.95. The van der Waals surface area contributed by atoms with Crippen LogP contribution in [0.3, 0.4) is 0 Å². The lowest BCUT2D eigenvalue weighted by Gasteiger charge is -2.30. The molecule has 1 rings (SSSR count). The number of likely N-dealkylation sites (tertiary alicyclic amines) is 1. The Bertz CT molecular complexity index is 198. The molecule has 1 aliphatic heterocycles. The van der Waals surface area contributed by atoms with E-state index in [1.165, 1.54) is 26.4 Å². The van der Waals surface area contributed by atoms with Gasteiger partial charge in [0.2, 0.25) is 0 Å². The number of hydrogen-bond acceptors (Lipinski definition) is 3. The van der Waals surface area contributed by atoms with E-state index < -0.39 is 0 Å². The highest BCUT2D eigenvalue weighted by atomic mass is 16.5. The van der Waals surface area contributed by atoms with Crippen molar-refractivity contribution in [3.05, 3.63) is 0 Å². The van der Waals surface area contributed by atoms with Crippen LogP contribution >= 0.6 is 0 Å². The van der Waals surface area contributed by atoms with Crippen LogP contribution in [0.25, 0.3) is 0 Å². The summed E-state index contributed by atoms with van der Waals surface area (Å²) in [6.45, 7) is 7.32. The average molecular weight is 213 g/mol. The maximum Gasteiger partial charge on any atom is 0.310 e. The Kier molecular flexibility index (Phi) is 5.09. The number of esters is 1.